The number of hydrogen-bond acceptors (Lipinski definition) is 3. The molecule has 0 amide bonds. The van der Waals surface area contributed by atoms with Gasteiger partial charge in [-0.05, 0) is 25.3 Å². The van der Waals surface area contributed by atoms with Crippen LogP contribution in [0.2, 0.25) is 0 Å². The molecule has 5 N–H and O–H groups in total. The number of hydrogen-bond donors (Lipinski definition) is 3. The molecule has 0 spiro atoms. The first-order valence-corrected chi connectivity index (χ1v) is 4.82. The zero-order valence-corrected chi connectivity index (χ0v) is 8.77. The Labute approximate surface area is 76.9 Å². The summed E-state index contributed by atoms with van der Waals surface area (Å²) in [5.74, 6) is 5.74. The molecule has 0 aliphatic carbocycles. The number of unbranched alkanes of at least 4 members (excludes halogenated alkanes) is 1. The summed E-state index contributed by atoms with van der Waals surface area (Å²) in [5.41, 5.74) is 7.80. The highest BCUT2D eigenvalue weighted by atomic mass is 15.2. The fourth-order valence-corrected chi connectivity index (χ4v) is 0.612. The van der Waals surface area contributed by atoms with E-state index in [1.807, 2.05) is 0 Å². The molecule has 0 aliphatic rings. The van der Waals surface area contributed by atoms with Crippen molar-refractivity contribution >= 4 is 0 Å². The summed E-state index contributed by atoms with van der Waals surface area (Å²) in [6, 6.07) is 0. The highest BCUT2D eigenvalue weighted by molar-refractivity contribution is 4.42. The molecule has 0 radical (unpaired) electrons. The van der Waals surface area contributed by atoms with Crippen molar-refractivity contribution < 1.29 is 0 Å². The van der Waals surface area contributed by atoms with E-state index < -0.39 is 0 Å². The van der Waals surface area contributed by atoms with E-state index in [1.165, 1.54) is 12.8 Å². The maximum atomic E-state index is 5.23. The van der Waals surface area contributed by atoms with Crippen LogP contribution < -0.4 is 17.0 Å². The molecule has 0 atom stereocenters. The SMILES string of the molecule is CC(C)CCN.CCCCNN. The van der Waals surface area contributed by atoms with Crippen LogP contribution in [0.1, 0.15) is 40.0 Å². The van der Waals surface area contributed by atoms with E-state index in [2.05, 4.69) is 26.2 Å². The van der Waals surface area contributed by atoms with Gasteiger partial charge in [0.1, 0.15) is 0 Å². The summed E-state index contributed by atoms with van der Waals surface area (Å²) in [6.07, 6.45) is 3.54. The molecular formula is C9H25N3. The van der Waals surface area contributed by atoms with Gasteiger partial charge in [-0.15, -0.1) is 0 Å². The molecule has 0 aromatic rings. The molecule has 0 aromatic carbocycles. The van der Waals surface area contributed by atoms with Crippen molar-refractivity contribution in [3.05, 3.63) is 0 Å². The lowest BCUT2D eigenvalue weighted by Gasteiger charge is -1.96. The van der Waals surface area contributed by atoms with Crippen molar-refractivity contribution in [3.8, 4) is 0 Å². The first kappa shape index (κ1) is 14.4. The molecule has 3 heteroatoms. The lowest BCUT2D eigenvalue weighted by Crippen LogP contribution is -2.22. The minimum absolute atomic E-state index is 0.773. The largest absolute Gasteiger partial charge is 0.330 e. The van der Waals surface area contributed by atoms with E-state index in [0.29, 0.717) is 0 Å². The van der Waals surface area contributed by atoms with Gasteiger partial charge in [0.15, 0.2) is 0 Å². The van der Waals surface area contributed by atoms with Crippen molar-refractivity contribution in [2.24, 2.45) is 17.5 Å². The molecule has 0 saturated carbocycles. The monoisotopic (exact) mass is 175 g/mol. The molecule has 0 rings (SSSR count). The fraction of sp³-hybridized carbons (Fsp3) is 1.00. The third-order valence-electron chi connectivity index (χ3n) is 1.42. The Balaban J connectivity index is 0. The molecule has 0 aromatic heterocycles. The lowest BCUT2D eigenvalue weighted by molar-refractivity contribution is 0.596. The predicted molar refractivity (Wildman–Crippen MR) is 55.6 cm³/mol. The van der Waals surface area contributed by atoms with E-state index >= 15 is 0 Å². The molecule has 0 saturated heterocycles. The normalized spacial score (nSPS) is 9.50. The van der Waals surface area contributed by atoms with E-state index in [-0.39, 0.29) is 0 Å². The second-order valence-electron chi connectivity index (χ2n) is 3.28. The summed E-state index contributed by atoms with van der Waals surface area (Å²) >= 11 is 0. The first-order valence-electron chi connectivity index (χ1n) is 4.82. The first-order chi connectivity index (χ1) is 5.68. The molecule has 0 bridgehead atoms. The van der Waals surface area contributed by atoms with Crippen LogP contribution in [0.4, 0.5) is 0 Å². The molecular weight excluding hydrogens is 150 g/mol. The Morgan fingerprint density at radius 2 is 1.92 bits per heavy atom. The summed E-state index contributed by atoms with van der Waals surface area (Å²) < 4.78 is 0. The third kappa shape index (κ3) is 22.5. The van der Waals surface area contributed by atoms with Crippen LogP contribution in [0.3, 0.4) is 0 Å². The van der Waals surface area contributed by atoms with Crippen LogP contribution in [0.15, 0.2) is 0 Å². The van der Waals surface area contributed by atoms with Gasteiger partial charge in [0.05, 0.1) is 0 Å². The Morgan fingerprint density at radius 1 is 1.33 bits per heavy atom. The van der Waals surface area contributed by atoms with Gasteiger partial charge in [0, 0.05) is 6.54 Å². The van der Waals surface area contributed by atoms with Crippen LogP contribution in [0.25, 0.3) is 0 Å². The predicted octanol–water partition coefficient (Wildman–Crippen LogP) is 1.24. The van der Waals surface area contributed by atoms with Crippen LogP contribution in [0, 0.1) is 5.92 Å². The van der Waals surface area contributed by atoms with Crippen molar-refractivity contribution in [2.75, 3.05) is 13.1 Å². The fourth-order valence-electron chi connectivity index (χ4n) is 0.612. The Kier molecular flexibility index (Phi) is 16.2. The zero-order valence-electron chi connectivity index (χ0n) is 8.77. The lowest BCUT2D eigenvalue weighted by atomic mass is 10.1. The average molecular weight is 175 g/mol. The maximum Gasteiger partial charge on any atom is 0.00973 e. The van der Waals surface area contributed by atoms with Crippen molar-refractivity contribution in [3.63, 3.8) is 0 Å². The maximum absolute atomic E-state index is 5.23. The zero-order chi connectivity index (χ0) is 9.82. The van der Waals surface area contributed by atoms with E-state index in [1.54, 1.807) is 0 Å². The number of rotatable bonds is 5. The molecule has 0 fully saturated rings. The topological polar surface area (TPSA) is 64.1 Å². The highest BCUT2D eigenvalue weighted by Crippen LogP contribution is 1.93. The van der Waals surface area contributed by atoms with E-state index in [9.17, 15) is 0 Å². The molecule has 76 valence electrons. The van der Waals surface area contributed by atoms with Gasteiger partial charge in [-0.1, -0.05) is 27.2 Å². The second kappa shape index (κ2) is 13.5. The standard InChI is InChI=1S/C5H13N.C4H12N2/c1-5(2)3-4-6;1-2-3-4-6-5/h5H,3-4,6H2,1-2H3;6H,2-5H2,1H3. The molecule has 3 nitrogen and oxygen atoms in total. The van der Waals surface area contributed by atoms with Gasteiger partial charge in [-0.2, -0.15) is 0 Å². The van der Waals surface area contributed by atoms with Crippen molar-refractivity contribution in [1.29, 1.82) is 0 Å². The minimum Gasteiger partial charge on any atom is -0.330 e. The average Bonchev–Trinajstić information content (AvgIpc) is 2.02. The van der Waals surface area contributed by atoms with Crippen molar-refractivity contribution in [2.45, 2.75) is 40.0 Å². The summed E-state index contributed by atoms with van der Waals surface area (Å²) in [5, 5.41) is 0. The summed E-state index contributed by atoms with van der Waals surface area (Å²) in [6.45, 7) is 8.26. The van der Waals surface area contributed by atoms with Crippen LogP contribution >= 0.6 is 0 Å². The summed E-state index contributed by atoms with van der Waals surface area (Å²) in [7, 11) is 0. The Morgan fingerprint density at radius 3 is 2.00 bits per heavy atom. The number of hydrazine groups is 1. The van der Waals surface area contributed by atoms with Gasteiger partial charge in [0.25, 0.3) is 0 Å². The van der Waals surface area contributed by atoms with Crippen LogP contribution in [-0.4, -0.2) is 13.1 Å². The molecule has 12 heavy (non-hydrogen) atoms. The molecule has 0 unspecified atom stereocenters. The molecule has 0 heterocycles. The number of nitrogens with two attached hydrogens (primary N) is 2. The van der Waals surface area contributed by atoms with Gasteiger partial charge < -0.3 is 5.73 Å². The third-order valence-corrected chi connectivity index (χ3v) is 1.42. The van der Waals surface area contributed by atoms with Gasteiger partial charge in [-0.3, -0.25) is 11.3 Å². The summed E-state index contributed by atoms with van der Waals surface area (Å²) in [4.78, 5) is 0. The highest BCUT2D eigenvalue weighted by Gasteiger charge is 1.85. The van der Waals surface area contributed by atoms with Crippen LogP contribution in [-0.2, 0) is 0 Å². The van der Waals surface area contributed by atoms with Crippen molar-refractivity contribution in [1.82, 2.24) is 5.43 Å². The quantitative estimate of drug-likeness (QED) is 0.335. The van der Waals surface area contributed by atoms with E-state index in [4.69, 9.17) is 11.6 Å². The van der Waals surface area contributed by atoms with Gasteiger partial charge in [-0.25, -0.2) is 0 Å². The minimum atomic E-state index is 0.773. The Hall–Kier alpha value is -0.120. The smallest absolute Gasteiger partial charge is 0.00973 e. The molecule has 0 aliphatic heterocycles. The van der Waals surface area contributed by atoms with Crippen LogP contribution in [0.5, 0.6) is 0 Å². The Bertz CT molecular complexity index is 60.8. The van der Waals surface area contributed by atoms with E-state index in [0.717, 1.165) is 25.4 Å². The van der Waals surface area contributed by atoms with Gasteiger partial charge >= 0.3 is 0 Å². The number of nitrogens with one attached hydrogen (secondary N) is 1. The second-order valence-corrected chi connectivity index (χ2v) is 3.28. The van der Waals surface area contributed by atoms with Gasteiger partial charge in [0.2, 0.25) is 0 Å².